The van der Waals surface area contributed by atoms with Gasteiger partial charge >= 0.3 is 6.09 Å². The van der Waals surface area contributed by atoms with Crippen molar-refractivity contribution >= 4 is 6.09 Å². The molecule has 0 saturated carbocycles. The first-order valence-electron chi connectivity index (χ1n) is 5.28. The molecule has 1 heterocycles. The van der Waals surface area contributed by atoms with E-state index < -0.39 is 0 Å². The van der Waals surface area contributed by atoms with Crippen molar-refractivity contribution in [2.24, 2.45) is 0 Å². The first kappa shape index (κ1) is 12.5. The van der Waals surface area contributed by atoms with Crippen LogP contribution in [0.4, 0.5) is 4.79 Å². The first-order valence-corrected chi connectivity index (χ1v) is 5.28. The third-order valence-electron chi connectivity index (χ3n) is 2.39. The molecule has 0 atom stereocenters. The number of hydrogen-bond donors (Lipinski definition) is 0. The minimum Gasteiger partial charge on any atom is -0.453 e. The van der Waals surface area contributed by atoms with Gasteiger partial charge in [-0.1, -0.05) is 13.8 Å². The van der Waals surface area contributed by atoms with E-state index in [0.29, 0.717) is 12.5 Å². The van der Waals surface area contributed by atoms with E-state index in [1.165, 1.54) is 17.6 Å². The Morgan fingerprint density at radius 2 is 2.25 bits per heavy atom. The second kappa shape index (κ2) is 5.49. The van der Waals surface area contributed by atoms with Crippen molar-refractivity contribution in [3.8, 4) is 0 Å². The summed E-state index contributed by atoms with van der Waals surface area (Å²) >= 11 is 0. The maximum absolute atomic E-state index is 11.2. The smallest absolute Gasteiger partial charge is 0.409 e. The SMILES string of the molecule is COC(=O)N(C)Cc1cc(C(C)C)ccn1. The van der Waals surface area contributed by atoms with E-state index in [9.17, 15) is 4.79 Å². The number of methoxy groups -OCH3 is 1. The largest absolute Gasteiger partial charge is 0.453 e. The Bertz CT molecular complexity index is 364. The minimum absolute atomic E-state index is 0.350. The predicted molar refractivity (Wildman–Crippen MR) is 62.2 cm³/mol. The van der Waals surface area contributed by atoms with Crippen molar-refractivity contribution in [2.75, 3.05) is 14.2 Å². The van der Waals surface area contributed by atoms with Crippen molar-refractivity contribution < 1.29 is 9.53 Å². The van der Waals surface area contributed by atoms with Crippen LogP contribution in [0.2, 0.25) is 0 Å². The molecular formula is C12H18N2O2. The van der Waals surface area contributed by atoms with E-state index in [1.54, 1.807) is 13.2 Å². The zero-order valence-corrected chi connectivity index (χ0v) is 10.2. The van der Waals surface area contributed by atoms with Gasteiger partial charge in [-0.3, -0.25) is 4.98 Å². The molecule has 0 aliphatic rings. The molecule has 0 unspecified atom stereocenters. The lowest BCUT2D eigenvalue weighted by Gasteiger charge is -2.15. The normalized spacial score (nSPS) is 10.3. The quantitative estimate of drug-likeness (QED) is 0.788. The Morgan fingerprint density at radius 1 is 1.56 bits per heavy atom. The Labute approximate surface area is 96.2 Å². The molecule has 0 bridgehead atoms. The zero-order valence-electron chi connectivity index (χ0n) is 10.2. The van der Waals surface area contributed by atoms with Crippen LogP contribution < -0.4 is 0 Å². The van der Waals surface area contributed by atoms with Crippen molar-refractivity contribution in [1.29, 1.82) is 0 Å². The Hall–Kier alpha value is -1.58. The van der Waals surface area contributed by atoms with E-state index in [0.717, 1.165) is 5.69 Å². The number of hydrogen-bond acceptors (Lipinski definition) is 3. The van der Waals surface area contributed by atoms with E-state index in [4.69, 9.17) is 0 Å². The van der Waals surface area contributed by atoms with Crippen molar-refractivity contribution in [3.05, 3.63) is 29.6 Å². The van der Waals surface area contributed by atoms with Gasteiger partial charge in [0, 0.05) is 13.2 Å². The fourth-order valence-corrected chi connectivity index (χ4v) is 1.41. The highest BCUT2D eigenvalue weighted by molar-refractivity contribution is 5.66. The summed E-state index contributed by atoms with van der Waals surface area (Å²) < 4.78 is 4.62. The van der Waals surface area contributed by atoms with E-state index in [1.807, 2.05) is 12.1 Å². The molecule has 0 N–H and O–H groups in total. The molecule has 0 radical (unpaired) electrons. The third kappa shape index (κ3) is 3.22. The molecule has 1 rings (SSSR count). The fourth-order valence-electron chi connectivity index (χ4n) is 1.41. The van der Waals surface area contributed by atoms with Crippen LogP contribution >= 0.6 is 0 Å². The topological polar surface area (TPSA) is 42.4 Å². The summed E-state index contributed by atoms with van der Waals surface area (Å²) in [5.74, 6) is 0.463. The van der Waals surface area contributed by atoms with Crippen LogP contribution in [0.15, 0.2) is 18.3 Å². The van der Waals surface area contributed by atoms with Gasteiger partial charge in [0.1, 0.15) is 0 Å². The van der Waals surface area contributed by atoms with Crippen molar-refractivity contribution in [1.82, 2.24) is 9.88 Å². The summed E-state index contributed by atoms with van der Waals surface area (Å²) in [5.41, 5.74) is 2.10. The Balaban J connectivity index is 2.74. The lowest BCUT2D eigenvalue weighted by molar-refractivity contribution is 0.131. The number of aromatic nitrogens is 1. The van der Waals surface area contributed by atoms with Gasteiger partial charge in [-0.25, -0.2) is 4.79 Å². The zero-order chi connectivity index (χ0) is 12.1. The van der Waals surface area contributed by atoms with Gasteiger partial charge < -0.3 is 9.64 Å². The number of amides is 1. The summed E-state index contributed by atoms with van der Waals surface area (Å²) in [4.78, 5) is 16.9. The number of ether oxygens (including phenoxy) is 1. The average Bonchev–Trinajstić information content (AvgIpc) is 2.28. The van der Waals surface area contributed by atoms with Crippen LogP contribution in [0.3, 0.4) is 0 Å². The standard InChI is InChI=1S/C12H18N2O2/c1-9(2)10-5-6-13-11(7-10)8-14(3)12(15)16-4/h5-7,9H,8H2,1-4H3. The van der Waals surface area contributed by atoms with Crippen LogP contribution in [-0.2, 0) is 11.3 Å². The monoisotopic (exact) mass is 222 g/mol. The maximum Gasteiger partial charge on any atom is 0.409 e. The molecule has 4 heteroatoms. The number of rotatable bonds is 3. The van der Waals surface area contributed by atoms with E-state index in [2.05, 4.69) is 23.6 Å². The van der Waals surface area contributed by atoms with Crippen molar-refractivity contribution in [2.45, 2.75) is 26.3 Å². The van der Waals surface area contributed by atoms with E-state index in [-0.39, 0.29) is 6.09 Å². The molecule has 16 heavy (non-hydrogen) atoms. The first-order chi connectivity index (χ1) is 7.54. The summed E-state index contributed by atoms with van der Waals surface area (Å²) in [5, 5.41) is 0. The molecular weight excluding hydrogens is 204 g/mol. The van der Waals surface area contributed by atoms with Gasteiger partial charge in [-0.2, -0.15) is 0 Å². The minimum atomic E-state index is -0.350. The predicted octanol–water partition coefficient (Wildman–Crippen LogP) is 2.40. The maximum atomic E-state index is 11.2. The highest BCUT2D eigenvalue weighted by Crippen LogP contribution is 2.14. The number of carbonyl (C=O) groups is 1. The molecule has 0 aliphatic carbocycles. The van der Waals surface area contributed by atoms with E-state index >= 15 is 0 Å². The molecule has 1 aromatic rings. The molecule has 0 spiro atoms. The second-order valence-corrected chi connectivity index (χ2v) is 4.06. The Kier molecular flexibility index (Phi) is 4.28. The third-order valence-corrected chi connectivity index (χ3v) is 2.39. The summed E-state index contributed by atoms with van der Waals surface area (Å²) in [7, 11) is 3.06. The van der Waals surface area contributed by atoms with Crippen LogP contribution in [0, 0.1) is 0 Å². The second-order valence-electron chi connectivity index (χ2n) is 4.06. The van der Waals surface area contributed by atoms with Crippen LogP contribution in [0.5, 0.6) is 0 Å². The fraction of sp³-hybridized carbons (Fsp3) is 0.500. The average molecular weight is 222 g/mol. The van der Waals surface area contributed by atoms with Gasteiger partial charge in [-0.05, 0) is 23.6 Å². The summed E-state index contributed by atoms with van der Waals surface area (Å²) in [6, 6.07) is 4.01. The molecule has 0 saturated heterocycles. The molecule has 4 nitrogen and oxygen atoms in total. The molecule has 0 aromatic carbocycles. The molecule has 88 valence electrons. The van der Waals surface area contributed by atoms with Crippen molar-refractivity contribution in [3.63, 3.8) is 0 Å². The number of carbonyl (C=O) groups excluding carboxylic acids is 1. The van der Waals surface area contributed by atoms with Crippen LogP contribution in [0.1, 0.15) is 31.0 Å². The van der Waals surface area contributed by atoms with Gasteiger partial charge in [0.25, 0.3) is 0 Å². The lowest BCUT2D eigenvalue weighted by atomic mass is 10.0. The van der Waals surface area contributed by atoms with Gasteiger partial charge in [-0.15, -0.1) is 0 Å². The van der Waals surface area contributed by atoms with Gasteiger partial charge in [0.2, 0.25) is 0 Å². The molecule has 1 aromatic heterocycles. The molecule has 1 amide bonds. The molecule has 0 aliphatic heterocycles. The number of pyridine rings is 1. The van der Waals surface area contributed by atoms with Crippen LogP contribution in [0.25, 0.3) is 0 Å². The van der Waals surface area contributed by atoms with Gasteiger partial charge in [0.15, 0.2) is 0 Å². The molecule has 0 fully saturated rings. The highest BCUT2D eigenvalue weighted by atomic mass is 16.5. The number of nitrogens with zero attached hydrogens (tertiary/aromatic N) is 2. The van der Waals surface area contributed by atoms with Gasteiger partial charge in [0.05, 0.1) is 19.3 Å². The van der Waals surface area contributed by atoms with Crippen LogP contribution in [-0.4, -0.2) is 30.1 Å². The highest BCUT2D eigenvalue weighted by Gasteiger charge is 2.10. The lowest BCUT2D eigenvalue weighted by Crippen LogP contribution is -2.26. The summed E-state index contributed by atoms with van der Waals surface area (Å²) in [6.45, 7) is 4.72. The Morgan fingerprint density at radius 3 is 2.81 bits per heavy atom. The summed E-state index contributed by atoms with van der Waals surface area (Å²) in [6.07, 6.45) is 1.42.